The van der Waals surface area contributed by atoms with Crippen LogP contribution in [-0.2, 0) is 17.5 Å². The Balaban J connectivity index is 1.78. The number of halogens is 3. The van der Waals surface area contributed by atoms with Crippen LogP contribution in [0.4, 0.5) is 18.0 Å². The van der Waals surface area contributed by atoms with E-state index in [1.54, 1.807) is 13.1 Å². The molecule has 0 aromatic heterocycles. The van der Waals surface area contributed by atoms with E-state index in [9.17, 15) is 18.0 Å². The number of ether oxygens (including phenoxy) is 1. The molecule has 0 unspecified atom stereocenters. The van der Waals surface area contributed by atoms with Gasteiger partial charge in [0.05, 0.1) is 18.7 Å². The topological polar surface area (TPSA) is 34.0 Å². The first-order chi connectivity index (χ1) is 13.8. The lowest BCUT2D eigenvalue weighted by molar-refractivity contribution is -0.890. The van der Waals surface area contributed by atoms with Gasteiger partial charge in [-0.1, -0.05) is 42.5 Å². The molecule has 0 spiro atoms. The molecule has 2 aromatic rings. The summed E-state index contributed by atoms with van der Waals surface area (Å²) >= 11 is 0. The lowest BCUT2D eigenvalue weighted by atomic mass is 10.0. The van der Waals surface area contributed by atoms with E-state index in [-0.39, 0.29) is 6.61 Å². The van der Waals surface area contributed by atoms with Crippen LogP contribution < -0.4 is 4.90 Å². The Hall–Kier alpha value is -2.54. The van der Waals surface area contributed by atoms with Gasteiger partial charge in [0.25, 0.3) is 0 Å². The molecule has 1 heterocycles. The molecule has 4 nitrogen and oxygen atoms in total. The second-order valence-electron chi connectivity index (χ2n) is 7.45. The number of rotatable bonds is 6. The Morgan fingerprint density at radius 1 is 1.10 bits per heavy atom. The van der Waals surface area contributed by atoms with E-state index in [0.717, 1.165) is 43.6 Å². The van der Waals surface area contributed by atoms with E-state index in [2.05, 4.69) is 0 Å². The van der Waals surface area contributed by atoms with Crippen LogP contribution in [0.3, 0.4) is 0 Å². The van der Waals surface area contributed by atoms with Crippen molar-refractivity contribution in [1.29, 1.82) is 0 Å². The number of likely N-dealkylation sites (tertiary alicyclic amines) is 1. The Morgan fingerprint density at radius 2 is 1.79 bits per heavy atom. The zero-order valence-corrected chi connectivity index (χ0v) is 16.4. The van der Waals surface area contributed by atoms with Crippen LogP contribution in [0, 0.1) is 0 Å². The highest BCUT2D eigenvalue weighted by atomic mass is 19.4. The highest BCUT2D eigenvalue weighted by molar-refractivity contribution is 5.68. The third kappa shape index (κ3) is 5.73. The average Bonchev–Trinajstić information content (AvgIpc) is 3.23. The second-order valence-corrected chi connectivity index (χ2v) is 7.45. The number of carbonyl (C=O) groups is 1. The van der Waals surface area contributed by atoms with E-state index < -0.39 is 23.9 Å². The molecule has 0 bridgehead atoms. The normalized spacial score (nSPS) is 15.9. The molecule has 1 atom stereocenters. The molecule has 29 heavy (non-hydrogen) atoms. The molecule has 156 valence electrons. The van der Waals surface area contributed by atoms with Crippen molar-refractivity contribution in [2.45, 2.75) is 31.7 Å². The number of hydrogen-bond donors (Lipinski definition) is 1. The molecule has 0 aliphatic carbocycles. The monoisotopic (exact) mass is 407 g/mol. The fourth-order valence-electron chi connectivity index (χ4n) is 3.70. The lowest BCUT2D eigenvalue weighted by Gasteiger charge is -2.30. The molecule has 1 amide bonds. The van der Waals surface area contributed by atoms with Gasteiger partial charge in [0, 0.05) is 19.9 Å². The van der Waals surface area contributed by atoms with Gasteiger partial charge < -0.3 is 9.64 Å². The van der Waals surface area contributed by atoms with Crippen LogP contribution in [0.5, 0.6) is 0 Å². The molecule has 1 fully saturated rings. The van der Waals surface area contributed by atoms with E-state index in [1.807, 2.05) is 30.3 Å². The van der Waals surface area contributed by atoms with Crippen molar-refractivity contribution in [2.24, 2.45) is 0 Å². The van der Waals surface area contributed by atoms with Gasteiger partial charge in [-0.25, -0.2) is 4.79 Å². The van der Waals surface area contributed by atoms with Crippen LogP contribution in [0.1, 0.15) is 35.6 Å². The van der Waals surface area contributed by atoms with Crippen molar-refractivity contribution < 1.29 is 27.6 Å². The summed E-state index contributed by atoms with van der Waals surface area (Å²) in [5.41, 5.74) is 0.621. The summed E-state index contributed by atoms with van der Waals surface area (Å²) in [7, 11) is 1.59. The van der Waals surface area contributed by atoms with Crippen LogP contribution in [0.2, 0.25) is 0 Å². The maximum atomic E-state index is 13.2. The quantitative estimate of drug-likeness (QED) is 0.793. The summed E-state index contributed by atoms with van der Waals surface area (Å²) in [5.74, 6) is 0. The highest BCUT2D eigenvalue weighted by Gasteiger charge is 2.33. The number of likely N-dealkylation sites (N-methyl/N-ethyl adjacent to an activating group) is 1. The van der Waals surface area contributed by atoms with Gasteiger partial charge in [-0.05, 0) is 23.3 Å². The molecule has 3 rings (SSSR count). The Kier molecular flexibility index (Phi) is 6.79. The van der Waals surface area contributed by atoms with Crippen molar-refractivity contribution in [2.75, 3.05) is 26.7 Å². The first-order valence-corrected chi connectivity index (χ1v) is 9.79. The molecule has 7 heteroatoms. The molecule has 0 saturated carbocycles. The lowest BCUT2D eigenvalue weighted by Crippen LogP contribution is -3.10. The summed E-state index contributed by atoms with van der Waals surface area (Å²) in [6.07, 6.45) is -2.79. The minimum atomic E-state index is -4.42. The fourth-order valence-corrected chi connectivity index (χ4v) is 3.70. The van der Waals surface area contributed by atoms with Crippen LogP contribution in [0.15, 0.2) is 54.6 Å². The van der Waals surface area contributed by atoms with E-state index in [0.29, 0.717) is 12.1 Å². The third-order valence-electron chi connectivity index (χ3n) is 5.35. The zero-order chi connectivity index (χ0) is 20.9. The van der Waals surface area contributed by atoms with E-state index in [1.165, 1.54) is 15.9 Å². The maximum absolute atomic E-state index is 13.2. The summed E-state index contributed by atoms with van der Waals surface area (Å²) in [5, 5.41) is 0. The van der Waals surface area contributed by atoms with Gasteiger partial charge in [-0.15, -0.1) is 0 Å². The van der Waals surface area contributed by atoms with Crippen LogP contribution in [-0.4, -0.2) is 37.7 Å². The molecular formula is C22H26F3N2O2+. The smallest absolute Gasteiger partial charge is 0.416 e. The molecule has 0 radical (unpaired) electrons. The van der Waals surface area contributed by atoms with Gasteiger partial charge in [-0.3, -0.25) is 4.90 Å². The van der Waals surface area contributed by atoms with E-state index in [4.69, 9.17) is 4.74 Å². The number of quaternary nitrogens is 1. The summed E-state index contributed by atoms with van der Waals surface area (Å²) in [6, 6.07) is 14.0. The predicted molar refractivity (Wildman–Crippen MR) is 103 cm³/mol. The molecule has 2 aromatic carbocycles. The van der Waals surface area contributed by atoms with Crippen LogP contribution in [0.25, 0.3) is 0 Å². The summed E-state index contributed by atoms with van der Waals surface area (Å²) in [4.78, 5) is 15.4. The number of hydrogen-bond acceptors (Lipinski definition) is 2. The standard InChI is InChI=1S/C22H25F3N2O2/c1-26(21(28)29-16-17-8-3-2-4-9-17)20(15-27-12-5-6-13-27)18-10-7-11-19(14-18)22(23,24)25/h2-4,7-11,14,20H,5-6,12-13,15-16H2,1H3/p+1/t20-/m0/s1. The first kappa shape index (κ1) is 21.2. The van der Waals surface area contributed by atoms with E-state index >= 15 is 0 Å². The van der Waals surface area contributed by atoms with Gasteiger partial charge in [0.1, 0.15) is 19.2 Å². The van der Waals surface area contributed by atoms with Crippen molar-refractivity contribution in [3.63, 3.8) is 0 Å². The first-order valence-electron chi connectivity index (χ1n) is 9.79. The van der Waals surface area contributed by atoms with Gasteiger partial charge in [0.2, 0.25) is 0 Å². The minimum absolute atomic E-state index is 0.121. The van der Waals surface area contributed by atoms with Crippen molar-refractivity contribution >= 4 is 6.09 Å². The Morgan fingerprint density at radius 3 is 2.45 bits per heavy atom. The summed E-state index contributed by atoms with van der Waals surface area (Å²) in [6.45, 7) is 2.60. The average molecular weight is 407 g/mol. The number of alkyl halides is 3. The minimum Gasteiger partial charge on any atom is -0.445 e. The summed E-state index contributed by atoms with van der Waals surface area (Å²) < 4.78 is 45.0. The van der Waals surface area contributed by atoms with Crippen LogP contribution >= 0.6 is 0 Å². The molecule has 1 aliphatic heterocycles. The molecule has 1 N–H and O–H groups in total. The fraction of sp³-hybridized carbons (Fsp3) is 0.409. The van der Waals surface area contributed by atoms with Gasteiger partial charge >= 0.3 is 12.3 Å². The van der Waals surface area contributed by atoms with Gasteiger partial charge in [0.15, 0.2) is 0 Å². The Labute approximate surface area is 168 Å². The predicted octanol–water partition coefficient (Wildman–Crippen LogP) is 3.69. The highest BCUT2D eigenvalue weighted by Crippen LogP contribution is 2.31. The molecule has 1 saturated heterocycles. The number of benzene rings is 2. The largest absolute Gasteiger partial charge is 0.445 e. The molecular weight excluding hydrogens is 381 g/mol. The third-order valence-corrected chi connectivity index (χ3v) is 5.35. The maximum Gasteiger partial charge on any atom is 0.416 e. The Bertz CT molecular complexity index is 805. The number of amides is 1. The zero-order valence-electron chi connectivity index (χ0n) is 16.4. The SMILES string of the molecule is CN(C(=O)OCc1ccccc1)[C@@H](C[NH+]1CCCC1)c1cccc(C(F)(F)F)c1. The number of carbonyl (C=O) groups excluding carboxylic acids is 1. The van der Waals surface area contributed by atoms with Crippen molar-refractivity contribution in [1.82, 2.24) is 4.90 Å². The van der Waals surface area contributed by atoms with Crippen molar-refractivity contribution in [3.8, 4) is 0 Å². The number of nitrogens with zero attached hydrogens (tertiary/aromatic N) is 1. The molecule has 1 aliphatic rings. The second kappa shape index (κ2) is 9.31. The number of nitrogens with one attached hydrogen (secondary N) is 1. The van der Waals surface area contributed by atoms with Gasteiger partial charge in [-0.2, -0.15) is 13.2 Å². The van der Waals surface area contributed by atoms with Crippen molar-refractivity contribution in [3.05, 3.63) is 71.3 Å².